The fourth-order valence-corrected chi connectivity index (χ4v) is 6.40. The molecule has 0 aromatic rings. The Hall–Kier alpha value is 0.440. The van der Waals surface area contributed by atoms with E-state index in [1.165, 1.54) is 0 Å². The molecule has 2 atom stereocenters. The van der Waals surface area contributed by atoms with Crippen LogP contribution in [0.4, 0.5) is 0 Å². The summed E-state index contributed by atoms with van der Waals surface area (Å²) in [6.45, 7) is 7.93. The summed E-state index contributed by atoms with van der Waals surface area (Å²) < 4.78 is 14.8. The molecule has 0 bridgehead atoms. The Morgan fingerprint density at radius 3 is 2.35 bits per heavy atom. The topological polar surface area (TPSA) is 64.2 Å². The van der Waals surface area contributed by atoms with E-state index in [-0.39, 0.29) is 16.7 Å². The van der Waals surface area contributed by atoms with Gasteiger partial charge in [-0.1, -0.05) is 13.3 Å². The van der Waals surface area contributed by atoms with Crippen molar-refractivity contribution < 1.29 is 9.35 Å². The van der Waals surface area contributed by atoms with Crippen LogP contribution in [0.15, 0.2) is 0 Å². The molecule has 0 aromatic carbocycles. The Morgan fingerprint density at radius 1 is 1.40 bits per heavy atom. The second-order valence-corrected chi connectivity index (χ2v) is 10.7. The molecule has 4 nitrogen and oxygen atoms in total. The molecule has 0 radical (unpaired) electrons. The summed E-state index contributed by atoms with van der Waals surface area (Å²) in [4.78, 5) is 12.4. The molecule has 118 valence electrons. The third-order valence-corrected chi connectivity index (χ3v) is 8.29. The molecule has 0 aromatic heterocycles. The summed E-state index contributed by atoms with van der Waals surface area (Å²) in [6.07, 6.45) is 1.80. The van der Waals surface area contributed by atoms with Crippen LogP contribution in [0, 0.1) is 0 Å². The Labute approximate surface area is 134 Å². The highest BCUT2D eigenvalue weighted by atomic mass is 32.2. The maximum atomic E-state index is 12.4. The first-order valence-electron chi connectivity index (χ1n) is 6.96. The molecule has 0 aliphatic carbocycles. The van der Waals surface area contributed by atoms with E-state index in [2.05, 4.69) is 17.0 Å². The van der Waals surface area contributed by atoms with Gasteiger partial charge in [0.2, 0.25) is 5.91 Å². The van der Waals surface area contributed by atoms with Gasteiger partial charge in [-0.25, -0.2) is 0 Å². The zero-order valence-electron chi connectivity index (χ0n) is 12.9. The maximum Gasteiger partial charge on any atom is 0.247 e. The van der Waals surface area contributed by atoms with Gasteiger partial charge in [0.25, 0.3) is 0 Å². The molecule has 1 aliphatic heterocycles. The third kappa shape index (κ3) is 4.22. The molecule has 2 N–H and O–H groups in total. The van der Waals surface area contributed by atoms with E-state index in [0.29, 0.717) is 0 Å². The Morgan fingerprint density at radius 2 is 1.95 bits per heavy atom. The van der Waals surface area contributed by atoms with Gasteiger partial charge in [-0.2, -0.15) is 0 Å². The summed E-state index contributed by atoms with van der Waals surface area (Å²) in [6, 6.07) is -0.0787. The molecule has 7 heteroatoms. The van der Waals surface area contributed by atoms with Crippen LogP contribution >= 0.6 is 23.5 Å². The van der Waals surface area contributed by atoms with Crippen LogP contribution in [0.5, 0.6) is 0 Å². The van der Waals surface area contributed by atoms with Gasteiger partial charge < -0.3 is 9.87 Å². The predicted molar refractivity (Wildman–Crippen MR) is 91.4 cm³/mol. The lowest BCUT2D eigenvalue weighted by Crippen LogP contribution is -2.57. The molecular formula is C13H26N2O2S3. The molecule has 1 heterocycles. The van der Waals surface area contributed by atoms with Gasteiger partial charge in [0, 0.05) is 29.9 Å². The van der Waals surface area contributed by atoms with Gasteiger partial charge in [-0.05, 0) is 27.2 Å². The minimum atomic E-state index is -1.17. The Balaban J connectivity index is 2.94. The average molecular weight is 339 g/mol. The van der Waals surface area contributed by atoms with Crippen LogP contribution in [-0.2, 0) is 16.2 Å². The molecule has 1 amide bonds. The lowest BCUT2D eigenvalue weighted by Gasteiger charge is -2.36. The first-order chi connectivity index (χ1) is 9.28. The van der Waals surface area contributed by atoms with Crippen LogP contribution in [0.2, 0.25) is 0 Å². The van der Waals surface area contributed by atoms with E-state index < -0.39 is 15.4 Å². The Bertz CT molecular complexity index is 328. The molecule has 0 spiro atoms. The lowest BCUT2D eigenvalue weighted by atomic mass is 10.1. The number of hydrogen-bond acceptors (Lipinski definition) is 5. The van der Waals surface area contributed by atoms with Gasteiger partial charge >= 0.3 is 0 Å². The van der Waals surface area contributed by atoms with E-state index in [1.807, 2.05) is 20.8 Å². The highest BCUT2D eigenvalue weighted by Gasteiger charge is 2.51. The summed E-state index contributed by atoms with van der Waals surface area (Å²) in [5.74, 6) is 1.95. The molecule has 0 saturated carbocycles. The monoisotopic (exact) mass is 338 g/mol. The number of amides is 1. The smallest absolute Gasteiger partial charge is 0.247 e. The van der Waals surface area contributed by atoms with Crippen molar-refractivity contribution in [1.29, 1.82) is 0 Å². The van der Waals surface area contributed by atoms with Crippen LogP contribution in [0.3, 0.4) is 0 Å². The van der Waals surface area contributed by atoms with Crippen molar-refractivity contribution in [1.82, 2.24) is 10.0 Å². The van der Waals surface area contributed by atoms with Crippen molar-refractivity contribution in [2.75, 3.05) is 18.6 Å². The SMILES string of the molecule is CCC[C@H](N[S@@+]([O-])C(C)(C)C)C1(C(=O)NC)SCCS1. The van der Waals surface area contributed by atoms with Crippen LogP contribution in [0.25, 0.3) is 0 Å². The van der Waals surface area contributed by atoms with Crippen molar-refractivity contribution in [2.24, 2.45) is 0 Å². The van der Waals surface area contributed by atoms with Gasteiger partial charge in [-0.3, -0.25) is 4.79 Å². The van der Waals surface area contributed by atoms with Gasteiger partial charge in [0.15, 0.2) is 4.08 Å². The van der Waals surface area contributed by atoms with Gasteiger partial charge in [0.1, 0.15) is 4.75 Å². The van der Waals surface area contributed by atoms with Crippen molar-refractivity contribution in [3.8, 4) is 0 Å². The first-order valence-corrected chi connectivity index (χ1v) is 10.1. The zero-order valence-corrected chi connectivity index (χ0v) is 15.4. The normalized spacial score (nSPS) is 21.5. The highest BCUT2D eigenvalue weighted by molar-refractivity contribution is 8.22. The average Bonchev–Trinajstić information content (AvgIpc) is 2.86. The second kappa shape index (κ2) is 7.63. The van der Waals surface area contributed by atoms with Crippen molar-refractivity contribution >= 4 is 40.8 Å². The summed E-state index contributed by atoms with van der Waals surface area (Å²) >= 11 is 2.19. The van der Waals surface area contributed by atoms with E-state index in [1.54, 1.807) is 30.6 Å². The van der Waals surface area contributed by atoms with Crippen molar-refractivity contribution in [3.63, 3.8) is 0 Å². The number of hydrogen-bond donors (Lipinski definition) is 2. The third-order valence-electron chi connectivity index (χ3n) is 3.10. The minimum Gasteiger partial charge on any atom is -0.598 e. The minimum absolute atomic E-state index is 0.0295. The first kappa shape index (κ1) is 18.5. The quantitative estimate of drug-likeness (QED) is 0.727. The number of nitrogens with one attached hydrogen (secondary N) is 2. The molecule has 0 unspecified atom stereocenters. The molecule has 1 aliphatic rings. The molecule has 1 fully saturated rings. The number of carbonyl (C=O) groups excluding carboxylic acids is 1. The fraction of sp³-hybridized carbons (Fsp3) is 0.923. The zero-order chi connectivity index (χ0) is 15.4. The van der Waals surface area contributed by atoms with Gasteiger partial charge in [0.05, 0.1) is 6.04 Å². The molecule has 20 heavy (non-hydrogen) atoms. The maximum absolute atomic E-state index is 12.4. The number of thioether (sulfide) groups is 2. The number of carbonyl (C=O) groups is 1. The largest absolute Gasteiger partial charge is 0.598 e. The summed E-state index contributed by atoms with van der Waals surface area (Å²) in [7, 11) is 1.67. The standard InChI is InChI=1S/C13H26N2O2S3/c1-6-7-10(15-20(17)12(2,3)4)13(11(16)14-5)18-8-9-19-13/h10,15H,6-9H2,1-5H3,(H,14,16)/t10-,20-/m0/s1. The highest BCUT2D eigenvalue weighted by Crippen LogP contribution is 2.48. The number of rotatable bonds is 6. The fourth-order valence-electron chi connectivity index (χ4n) is 2.01. The predicted octanol–water partition coefficient (Wildman–Crippen LogP) is 2.13. The summed E-state index contributed by atoms with van der Waals surface area (Å²) in [5.41, 5.74) is 0. The van der Waals surface area contributed by atoms with Crippen LogP contribution in [0.1, 0.15) is 40.5 Å². The lowest BCUT2D eigenvalue weighted by molar-refractivity contribution is -0.121. The van der Waals surface area contributed by atoms with Crippen LogP contribution in [-0.4, -0.2) is 43.9 Å². The second-order valence-electron chi connectivity index (χ2n) is 5.78. The molecule has 1 saturated heterocycles. The van der Waals surface area contributed by atoms with Crippen LogP contribution < -0.4 is 10.0 Å². The molecule has 1 rings (SSSR count). The van der Waals surface area contributed by atoms with E-state index in [9.17, 15) is 9.35 Å². The van der Waals surface area contributed by atoms with Crippen molar-refractivity contribution in [3.05, 3.63) is 0 Å². The van der Waals surface area contributed by atoms with E-state index in [4.69, 9.17) is 0 Å². The van der Waals surface area contributed by atoms with E-state index in [0.717, 1.165) is 24.3 Å². The van der Waals surface area contributed by atoms with Gasteiger partial charge in [-0.15, -0.1) is 28.2 Å². The summed E-state index contributed by atoms with van der Waals surface area (Å²) in [5, 5.41) is 2.78. The van der Waals surface area contributed by atoms with E-state index >= 15 is 0 Å². The Kier molecular flexibility index (Phi) is 7.05. The van der Waals surface area contributed by atoms with Crippen molar-refractivity contribution in [2.45, 2.75) is 55.4 Å². The molecular weight excluding hydrogens is 312 g/mol.